The predicted molar refractivity (Wildman–Crippen MR) is 58.1 cm³/mol. The molecule has 0 amide bonds. The minimum atomic E-state index is 0.446. The van der Waals surface area contributed by atoms with Crippen molar-refractivity contribution in [3.63, 3.8) is 0 Å². The number of hydrogen-bond acceptors (Lipinski definition) is 3. The van der Waals surface area contributed by atoms with Gasteiger partial charge in [-0.05, 0) is 30.7 Å². The summed E-state index contributed by atoms with van der Waals surface area (Å²) in [6, 6.07) is 2.50. The van der Waals surface area contributed by atoms with Crippen LogP contribution in [0.4, 0.5) is 0 Å². The first kappa shape index (κ1) is 9.36. The van der Waals surface area contributed by atoms with Gasteiger partial charge in [0.05, 0.1) is 0 Å². The Hall–Kier alpha value is -0.870. The summed E-state index contributed by atoms with van der Waals surface area (Å²) in [6.45, 7) is 3.39. The van der Waals surface area contributed by atoms with E-state index < -0.39 is 0 Å². The standard InChI is InChI=1S/C11H18N4/c12-11-2-1-8-5-15(7-10(8)11)6-9-3-4-13-14-9/h3-4,8,10-11H,1-2,5-7,12H2,(H,13,14). The van der Waals surface area contributed by atoms with Gasteiger partial charge < -0.3 is 5.73 Å². The molecule has 1 saturated heterocycles. The quantitative estimate of drug-likeness (QED) is 0.744. The number of likely N-dealkylation sites (tertiary alicyclic amines) is 1. The van der Waals surface area contributed by atoms with Crippen LogP contribution in [0.5, 0.6) is 0 Å². The highest BCUT2D eigenvalue weighted by Gasteiger charge is 2.40. The molecule has 1 saturated carbocycles. The number of H-pyrrole nitrogens is 1. The first-order valence-electron chi connectivity index (χ1n) is 5.79. The van der Waals surface area contributed by atoms with Crippen LogP contribution in [0.2, 0.25) is 0 Å². The topological polar surface area (TPSA) is 57.9 Å². The zero-order chi connectivity index (χ0) is 10.3. The van der Waals surface area contributed by atoms with E-state index in [4.69, 9.17) is 5.73 Å². The Morgan fingerprint density at radius 3 is 3.13 bits per heavy atom. The van der Waals surface area contributed by atoms with Crippen LogP contribution in [0.3, 0.4) is 0 Å². The highest BCUT2D eigenvalue weighted by molar-refractivity contribution is 5.01. The van der Waals surface area contributed by atoms with Crippen molar-refractivity contribution in [2.24, 2.45) is 17.6 Å². The molecular formula is C11H18N4. The largest absolute Gasteiger partial charge is 0.327 e. The minimum absolute atomic E-state index is 0.446. The second-order valence-corrected chi connectivity index (χ2v) is 4.94. The highest BCUT2D eigenvalue weighted by atomic mass is 15.2. The Balaban J connectivity index is 1.62. The van der Waals surface area contributed by atoms with Gasteiger partial charge in [-0.1, -0.05) is 0 Å². The summed E-state index contributed by atoms with van der Waals surface area (Å²) in [5.41, 5.74) is 7.32. The van der Waals surface area contributed by atoms with E-state index in [1.165, 1.54) is 31.6 Å². The van der Waals surface area contributed by atoms with Gasteiger partial charge in [0.1, 0.15) is 0 Å². The van der Waals surface area contributed by atoms with Crippen LogP contribution in [-0.4, -0.2) is 34.2 Å². The van der Waals surface area contributed by atoms with Gasteiger partial charge in [-0.3, -0.25) is 10.00 Å². The van der Waals surface area contributed by atoms with Gasteiger partial charge in [0.15, 0.2) is 0 Å². The molecule has 0 bridgehead atoms. The first-order chi connectivity index (χ1) is 7.33. The Labute approximate surface area is 89.8 Å². The van der Waals surface area contributed by atoms with Gasteiger partial charge in [0.25, 0.3) is 0 Å². The molecule has 15 heavy (non-hydrogen) atoms. The number of aromatic nitrogens is 2. The van der Waals surface area contributed by atoms with E-state index in [1.54, 1.807) is 0 Å². The van der Waals surface area contributed by atoms with Gasteiger partial charge in [-0.15, -0.1) is 0 Å². The molecule has 2 fully saturated rings. The maximum atomic E-state index is 6.11. The lowest BCUT2D eigenvalue weighted by Gasteiger charge is -2.17. The lowest BCUT2D eigenvalue weighted by atomic mass is 9.98. The number of fused-ring (bicyclic) bond motifs is 1. The van der Waals surface area contributed by atoms with Crippen molar-refractivity contribution < 1.29 is 0 Å². The van der Waals surface area contributed by atoms with Gasteiger partial charge in [0, 0.05) is 37.6 Å². The van der Waals surface area contributed by atoms with Crippen LogP contribution in [-0.2, 0) is 6.54 Å². The third-order valence-electron chi connectivity index (χ3n) is 3.94. The van der Waals surface area contributed by atoms with Crippen molar-refractivity contribution in [3.8, 4) is 0 Å². The van der Waals surface area contributed by atoms with Crippen LogP contribution >= 0.6 is 0 Å². The van der Waals surface area contributed by atoms with E-state index in [1.807, 2.05) is 12.3 Å². The summed E-state index contributed by atoms with van der Waals surface area (Å²) in [5.74, 6) is 1.59. The molecule has 0 radical (unpaired) electrons. The molecule has 0 aromatic carbocycles. The van der Waals surface area contributed by atoms with Crippen LogP contribution < -0.4 is 5.73 Å². The van der Waals surface area contributed by atoms with E-state index in [0.29, 0.717) is 6.04 Å². The summed E-state index contributed by atoms with van der Waals surface area (Å²) in [5, 5.41) is 6.99. The fraction of sp³-hybridized carbons (Fsp3) is 0.727. The molecule has 2 aliphatic rings. The number of hydrogen-bond donors (Lipinski definition) is 2. The predicted octanol–water partition coefficient (Wildman–Crippen LogP) is 0.579. The molecule has 3 unspecified atom stereocenters. The molecule has 1 aliphatic heterocycles. The zero-order valence-corrected chi connectivity index (χ0v) is 8.89. The number of aromatic amines is 1. The van der Waals surface area contributed by atoms with E-state index in [0.717, 1.165) is 18.4 Å². The van der Waals surface area contributed by atoms with E-state index in [9.17, 15) is 0 Å². The number of nitrogens with one attached hydrogen (secondary N) is 1. The van der Waals surface area contributed by atoms with E-state index >= 15 is 0 Å². The van der Waals surface area contributed by atoms with Crippen molar-refractivity contribution >= 4 is 0 Å². The Bertz CT molecular complexity index is 321. The molecule has 1 aliphatic carbocycles. The molecule has 82 valence electrons. The molecule has 4 nitrogen and oxygen atoms in total. The maximum absolute atomic E-state index is 6.11. The van der Waals surface area contributed by atoms with Crippen molar-refractivity contribution in [2.45, 2.75) is 25.4 Å². The SMILES string of the molecule is NC1CCC2CN(Cc3ccn[nH]3)CC12. The maximum Gasteiger partial charge on any atom is 0.0492 e. The molecule has 0 spiro atoms. The van der Waals surface area contributed by atoms with Crippen LogP contribution in [0, 0.1) is 11.8 Å². The Morgan fingerprint density at radius 1 is 1.47 bits per heavy atom. The average molecular weight is 206 g/mol. The monoisotopic (exact) mass is 206 g/mol. The second-order valence-electron chi connectivity index (χ2n) is 4.94. The van der Waals surface area contributed by atoms with Crippen molar-refractivity contribution in [2.75, 3.05) is 13.1 Å². The summed E-state index contributed by atoms with van der Waals surface area (Å²) in [6.07, 6.45) is 4.37. The van der Waals surface area contributed by atoms with Gasteiger partial charge in [-0.2, -0.15) is 5.10 Å². The molecule has 3 rings (SSSR count). The third-order valence-corrected chi connectivity index (χ3v) is 3.94. The molecule has 4 heteroatoms. The van der Waals surface area contributed by atoms with Crippen LogP contribution in [0.25, 0.3) is 0 Å². The highest BCUT2D eigenvalue weighted by Crippen LogP contribution is 2.37. The van der Waals surface area contributed by atoms with Gasteiger partial charge in [-0.25, -0.2) is 0 Å². The van der Waals surface area contributed by atoms with Gasteiger partial charge in [0.2, 0.25) is 0 Å². The average Bonchev–Trinajstić information content (AvgIpc) is 2.88. The second kappa shape index (κ2) is 3.61. The Morgan fingerprint density at radius 2 is 2.40 bits per heavy atom. The molecular weight excluding hydrogens is 188 g/mol. The fourth-order valence-corrected chi connectivity index (χ4v) is 3.14. The minimum Gasteiger partial charge on any atom is -0.327 e. The number of nitrogens with two attached hydrogens (primary N) is 1. The molecule has 2 heterocycles. The summed E-state index contributed by atoms with van der Waals surface area (Å²) >= 11 is 0. The van der Waals surface area contributed by atoms with Gasteiger partial charge >= 0.3 is 0 Å². The van der Waals surface area contributed by atoms with Crippen LogP contribution in [0.1, 0.15) is 18.5 Å². The van der Waals surface area contributed by atoms with Crippen LogP contribution in [0.15, 0.2) is 12.3 Å². The molecule has 3 atom stereocenters. The lowest BCUT2D eigenvalue weighted by molar-refractivity contribution is 0.294. The molecule has 1 aromatic heterocycles. The molecule has 1 aromatic rings. The molecule has 3 N–H and O–H groups in total. The lowest BCUT2D eigenvalue weighted by Crippen LogP contribution is -2.30. The van der Waals surface area contributed by atoms with E-state index in [-0.39, 0.29) is 0 Å². The third kappa shape index (κ3) is 1.68. The summed E-state index contributed by atoms with van der Waals surface area (Å²) in [4.78, 5) is 2.50. The van der Waals surface area contributed by atoms with Crippen molar-refractivity contribution in [1.29, 1.82) is 0 Å². The smallest absolute Gasteiger partial charge is 0.0492 e. The van der Waals surface area contributed by atoms with E-state index in [2.05, 4.69) is 15.1 Å². The summed E-state index contributed by atoms with van der Waals surface area (Å²) < 4.78 is 0. The first-order valence-corrected chi connectivity index (χ1v) is 5.79. The van der Waals surface area contributed by atoms with Crippen molar-refractivity contribution in [3.05, 3.63) is 18.0 Å². The number of nitrogens with zero attached hydrogens (tertiary/aromatic N) is 2. The summed E-state index contributed by atoms with van der Waals surface area (Å²) in [7, 11) is 0. The fourth-order valence-electron chi connectivity index (χ4n) is 3.14. The zero-order valence-electron chi connectivity index (χ0n) is 8.89. The van der Waals surface area contributed by atoms with Crippen molar-refractivity contribution in [1.82, 2.24) is 15.1 Å². The normalized spacial score (nSPS) is 35.9. The number of rotatable bonds is 2. The Kier molecular flexibility index (Phi) is 2.25.